The quantitative estimate of drug-likeness (QED) is 0.455. The van der Waals surface area contributed by atoms with Crippen molar-refractivity contribution in [2.45, 2.75) is 44.8 Å². The van der Waals surface area contributed by atoms with Crippen LogP contribution in [0.15, 0.2) is 24.7 Å². The van der Waals surface area contributed by atoms with Crippen molar-refractivity contribution in [2.24, 2.45) is 0 Å². The number of halogens is 1. The summed E-state index contributed by atoms with van der Waals surface area (Å²) in [4.78, 5) is 6.42. The minimum Gasteiger partial charge on any atom is -0.479 e. The standard InChI is InChI=1S/C25H33FN6O3/c1-30-9-12-35-20(17-30)5-3-4-8-31-16-18(14-28-31)24-21-6-10-34-11-7-23(21)32(29-24)19-13-22(26)25(33-2)27-15-19/h13-16,20H,3-12,17H2,1-2H3. The number of pyridine rings is 1. The van der Waals surface area contributed by atoms with Crippen molar-refractivity contribution in [1.82, 2.24) is 29.4 Å². The van der Waals surface area contributed by atoms with Crippen LogP contribution in [0.25, 0.3) is 16.9 Å². The van der Waals surface area contributed by atoms with Crippen LogP contribution in [-0.2, 0) is 28.9 Å². The predicted octanol–water partition coefficient (Wildman–Crippen LogP) is 2.89. The maximum atomic E-state index is 14.4. The summed E-state index contributed by atoms with van der Waals surface area (Å²) in [6.07, 6.45) is 10.5. The van der Waals surface area contributed by atoms with Gasteiger partial charge in [-0.3, -0.25) is 4.68 Å². The molecule has 9 nitrogen and oxygen atoms in total. The highest BCUT2D eigenvalue weighted by Gasteiger charge is 2.24. The molecular formula is C25H33FN6O3. The highest BCUT2D eigenvalue weighted by atomic mass is 19.1. The monoisotopic (exact) mass is 484 g/mol. The topological polar surface area (TPSA) is 79.5 Å². The molecule has 10 heteroatoms. The van der Waals surface area contributed by atoms with E-state index in [-0.39, 0.29) is 5.88 Å². The van der Waals surface area contributed by atoms with Crippen LogP contribution in [0.3, 0.4) is 0 Å². The van der Waals surface area contributed by atoms with E-state index < -0.39 is 5.82 Å². The van der Waals surface area contributed by atoms with E-state index in [2.05, 4.69) is 28.2 Å². The molecule has 0 saturated carbocycles. The third kappa shape index (κ3) is 5.39. The van der Waals surface area contributed by atoms with Gasteiger partial charge in [0.1, 0.15) is 0 Å². The van der Waals surface area contributed by atoms with Crippen molar-refractivity contribution < 1.29 is 18.6 Å². The zero-order chi connectivity index (χ0) is 24.2. The first kappa shape index (κ1) is 23.9. The zero-order valence-electron chi connectivity index (χ0n) is 20.5. The summed E-state index contributed by atoms with van der Waals surface area (Å²) in [5.74, 6) is -0.544. The Balaban J connectivity index is 1.31. The number of hydrogen-bond acceptors (Lipinski definition) is 7. The lowest BCUT2D eigenvalue weighted by Gasteiger charge is -2.30. The van der Waals surface area contributed by atoms with Gasteiger partial charge in [-0.05, 0) is 32.7 Å². The Kier molecular flexibility index (Phi) is 7.40. The van der Waals surface area contributed by atoms with Crippen LogP contribution >= 0.6 is 0 Å². The molecule has 5 rings (SSSR count). The van der Waals surface area contributed by atoms with Gasteiger partial charge in [-0.25, -0.2) is 14.1 Å². The Hall–Kier alpha value is -2.82. The van der Waals surface area contributed by atoms with Gasteiger partial charge < -0.3 is 19.1 Å². The summed E-state index contributed by atoms with van der Waals surface area (Å²) >= 11 is 0. The SMILES string of the molecule is COc1ncc(-n2nc(-c3cnn(CCCCC4CN(C)CCO4)c3)c3c2CCOCC3)cc1F. The third-order valence-corrected chi connectivity index (χ3v) is 6.71. The number of ether oxygens (including phenoxy) is 3. The van der Waals surface area contributed by atoms with E-state index in [9.17, 15) is 4.39 Å². The fraction of sp³-hybridized carbons (Fsp3) is 0.560. The summed E-state index contributed by atoms with van der Waals surface area (Å²) in [5.41, 5.74) is 4.54. The highest BCUT2D eigenvalue weighted by molar-refractivity contribution is 5.64. The number of nitrogens with zero attached hydrogens (tertiary/aromatic N) is 6. The lowest BCUT2D eigenvalue weighted by atomic mass is 10.1. The maximum Gasteiger partial charge on any atom is 0.250 e. The molecule has 2 aliphatic heterocycles. The minimum absolute atomic E-state index is 0.0288. The lowest BCUT2D eigenvalue weighted by Crippen LogP contribution is -2.39. The molecule has 1 fully saturated rings. The van der Waals surface area contributed by atoms with Crippen molar-refractivity contribution in [3.05, 3.63) is 41.7 Å². The number of rotatable bonds is 8. The number of methoxy groups -OCH3 is 1. The van der Waals surface area contributed by atoms with E-state index in [1.54, 1.807) is 10.9 Å². The van der Waals surface area contributed by atoms with Crippen molar-refractivity contribution in [3.8, 4) is 22.8 Å². The zero-order valence-corrected chi connectivity index (χ0v) is 20.5. The molecule has 0 amide bonds. The molecule has 35 heavy (non-hydrogen) atoms. The number of morpholine rings is 1. The second kappa shape index (κ2) is 10.8. The fourth-order valence-corrected chi connectivity index (χ4v) is 4.87. The second-order valence-corrected chi connectivity index (χ2v) is 9.23. The second-order valence-electron chi connectivity index (χ2n) is 9.23. The molecule has 2 aliphatic rings. The molecule has 0 radical (unpaired) electrons. The number of fused-ring (bicyclic) bond motifs is 1. The summed E-state index contributed by atoms with van der Waals surface area (Å²) in [7, 11) is 3.55. The van der Waals surface area contributed by atoms with E-state index in [4.69, 9.17) is 19.3 Å². The molecule has 188 valence electrons. The lowest BCUT2D eigenvalue weighted by molar-refractivity contribution is -0.0243. The number of likely N-dealkylation sites (N-methyl/N-ethyl adjacent to an activating group) is 1. The molecule has 3 aromatic heterocycles. The molecule has 0 aromatic carbocycles. The highest BCUT2D eigenvalue weighted by Crippen LogP contribution is 2.30. The number of aromatic nitrogens is 5. The smallest absolute Gasteiger partial charge is 0.250 e. The van der Waals surface area contributed by atoms with Crippen LogP contribution in [0.5, 0.6) is 5.88 Å². The van der Waals surface area contributed by atoms with Gasteiger partial charge in [-0.1, -0.05) is 0 Å². The Morgan fingerprint density at radius 3 is 2.89 bits per heavy atom. The van der Waals surface area contributed by atoms with Crippen molar-refractivity contribution in [2.75, 3.05) is 47.1 Å². The van der Waals surface area contributed by atoms with Crippen molar-refractivity contribution >= 4 is 0 Å². The average molecular weight is 485 g/mol. The Morgan fingerprint density at radius 1 is 1.17 bits per heavy atom. The fourth-order valence-electron chi connectivity index (χ4n) is 4.87. The van der Waals surface area contributed by atoms with Crippen LogP contribution < -0.4 is 4.74 Å². The molecule has 1 saturated heterocycles. The van der Waals surface area contributed by atoms with Gasteiger partial charge in [0.05, 0.1) is 62.5 Å². The Labute approximate surface area is 204 Å². The number of unbranched alkanes of at least 4 members (excludes halogenated alkanes) is 1. The molecule has 5 heterocycles. The molecule has 3 aromatic rings. The van der Waals surface area contributed by atoms with E-state index in [0.29, 0.717) is 31.4 Å². The van der Waals surface area contributed by atoms with E-state index in [0.717, 1.165) is 74.4 Å². The van der Waals surface area contributed by atoms with Gasteiger partial charge in [0.25, 0.3) is 0 Å². The molecule has 1 unspecified atom stereocenters. The first-order valence-corrected chi connectivity index (χ1v) is 12.3. The van der Waals surface area contributed by atoms with E-state index in [1.807, 2.05) is 10.9 Å². The minimum atomic E-state index is -0.515. The number of hydrogen-bond donors (Lipinski definition) is 0. The van der Waals surface area contributed by atoms with Gasteiger partial charge in [-0.15, -0.1) is 0 Å². The van der Waals surface area contributed by atoms with Crippen LogP contribution in [0.4, 0.5) is 4.39 Å². The first-order valence-electron chi connectivity index (χ1n) is 12.3. The molecule has 0 spiro atoms. The van der Waals surface area contributed by atoms with Crippen LogP contribution in [0.1, 0.15) is 30.5 Å². The molecule has 0 bridgehead atoms. The van der Waals surface area contributed by atoms with Crippen molar-refractivity contribution in [3.63, 3.8) is 0 Å². The molecule has 1 atom stereocenters. The summed E-state index contributed by atoms with van der Waals surface area (Å²) in [6.45, 7) is 4.93. The third-order valence-electron chi connectivity index (χ3n) is 6.71. The van der Waals surface area contributed by atoms with Gasteiger partial charge >= 0.3 is 0 Å². The normalized spacial score (nSPS) is 18.9. The predicted molar refractivity (Wildman–Crippen MR) is 128 cm³/mol. The summed E-state index contributed by atoms with van der Waals surface area (Å²) < 4.78 is 34.7. The first-order chi connectivity index (χ1) is 17.1. The van der Waals surface area contributed by atoms with Crippen LogP contribution in [-0.4, -0.2) is 82.6 Å². The van der Waals surface area contributed by atoms with Gasteiger partial charge in [0.15, 0.2) is 5.82 Å². The number of aryl methyl sites for hydroxylation is 1. The van der Waals surface area contributed by atoms with Crippen LogP contribution in [0, 0.1) is 5.82 Å². The van der Waals surface area contributed by atoms with Gasteiger partial charge in [-0.2, -0.15) is 10.2 Å². The Morgan fingerprint density at radius 2 is 2.06 bits per heavy atom. The molecule has 0 N–H and O–H groups in total. The van der Waals surface area contributed by atoms with Crippen LogP contribution in [0.2, 0.25) is 0 Å². The van der Waals surface area contributed by atoms with Gasteiger partial charge in [0, 0.05) is 49.4 Å². The maximum absolute atomic E-state index is 14.4. The Bertz CT molecular complexity index is 1150. The van der Waals surface area contributed by atoms with E-state index >= 15 is 0 Å². The largest absolute Gasteiger partial charge is 0.479 e. The average Bonchev–Trinajstić information content (AvgIpc) is 3.39. The van der Waals surface area contributed by atoms with Crippen molar-refractivity contribution in [1.29, 1.82) is 0 Å². The molecule has 0 aliphatic carbocycles. The van der Waals surface area contributed by atoms with Gasteiger partial charge in [0.2, 0.25) is 5.88 Å². The summed E-state index contributed by atoms with van der Waals surface area (Å²) in [5, 5.41) is 9.48. The molecular weight excluding hydrogens is 451 g/mol. The van der Waals surface area contributed by atoms with E-state index in [1.165, 1.54) is 13.2 Å². The summed E-state index contributed by atoms with van der Waals surface area (Å²) in [6, 6.07) is 1.41.